The van der Waals surface area contributed by atoms with Crippen molar-refractivity contribution in [1.29, 1.82) is 0 Å². The molecule has 0 aliphatic carbocycles. The van der Waals surface area contributed by atoms with E-state index in [1.165, 1.54) is 6.08 Å². The number of benzene rings is 1. The molecule has 2 N–H and O–H groups in total. The predicted octanol–water partition coefficient (Wildman–Crippen LogP) is 3.33. The van der Waals surface area contributed by atoms with Crippen LogP contribution < -0.4 is 5.32 Å². The second kappa shape index (κ2) is 8.02. The Kier molecular flexibility index (Phi) is 6.04. The zero-order valence-corrected chi connectivity index (χ0v) is 13.3. The van der Waals surface area contributed by atoms with Crippen molar-refractivity contribution in [2.45, 2.75) is 11.0 Å². The fraction of sp³-hybridized carbons (Fsp3) is 0.188. The van der Waals surface area contributed by atoms with Gasteiger partial charge in [0.25, 0.3) is 0 Å². The van der Waals surface area contributed by atoms with Gasteiger partial charge >= 0.3 is 0 Å². The summed E-state index contributed by atoms with van der Waals surface area (Å²) in [7, 11) is 0. The molecule has 0 saturated heterocycles. The molecule has 0 saturated carbocycles. The number of thioether (sulfide) groups is 1. The third-order valence-electron chi connectivity index (χ3n) is 2.91. The van der Waals surface area contributed by atoms with Crippen molar-refractivity contribution in [2.24, 2.45) is 0 Å². The zero-order chi connectivity index (χ0) is 15.1. The Morgan fingerprint density at radius 3 is 2.76 bits per heavy atom. The van der Waals surface area contributed by atoms with Gasteiger partial charge in [-0.1, -0.05) is 18.2 Å². The first-order valence-corrected chi connectivity index (χ1v) is 8.61. The van der Waals surface area contributed by atoms with E-state index < -0.39 is 6.10 Å². The summed E-state index contributed by atoms with van der Waals surface area (Å²) in [5.41, 5.74) is 0.801. The van der Waals surface area contributed by atoms with Gasteiger partial charge in [0.05, 0.1) is 6.10 Å². The standard InChI is InChI=1S/C16H17NO2S2/c1-20-13-6-4-12(5-7-13)15(18)11-17-16(19)9-8-14-3-2-10-21-14/h2-10,15,18H,11H2,1H3,(H,17,19)/b9-8+/t15-/m0/s1. The van der Waals surface area contributed by atoms with Gasteiger partial charge in [0, 0.05) is 22.4 Å². The summed E-state index contributed by atoms with van der Waals surface area (Å²) in [6.07, 6.45) is 4.56. The third-order valence-corrected chi connectivity index (χ3v) is 4.49. The summed E-state index contributed by atoms with van der Waals surface area (Å²) in [6.45, 7) is 0.201. The Bertz CT molecular complexity index is 591. The zero-order valence-electron chi connectivity index (χ0n) is 11.7. The van der Waals surface area contributed by atoms with E-state index in [0.717, 1.165) is 15.3 Å². The van der Waals surface area contributed by atoms with Crippen LogP contribution in [0.4, 0.5) is 0 Å². The normalized spacial score (nSPS) is 12.5. The van der Waals surface area contributed by atoms with E-state index >= 15 is 0 Å². The molecule has 1 aromatic carbocycles. The Morgan fingerprint density at radius 2 is 2.14 bits per heavy atom. The number of thiophene rings is 1. The molecule has 0 unspecified atom stereocenters. The van der Waals surface area contributed by atoms with Crippen molar-refractivity contribution in [3.8, 4) is 0 Å². The highest BCUT2D eigenvalue weighted by atomic mass is 32.2. The van der Waals surface area contributed by atoms with Crippen molar-refractivity contribution >= 4 is 35.1 Å². The highest BCUT2D eigenvalue weighted by molar-refractivity contribution is 7.98. The SMILES string of the molecule is CSc1ccc([C@@H](O)CNC(=O)/C=C/c2cccs2)cc1. The van der Waals surface area contributed by atoms with Crippen LogP contribution in [-0.4, -0.2) is 23.8 Å². The van der Waals surface area contributed by atoms with Crippen LogP contribution in [0.2, 0.25) is 0 Å². The van der Waals surface area contributed by atoms with E-state index in [9.17, 15) is 9.90 Å². The Balaban J connectivity index is 1.82. The molecule has 2 rings (SSSR count). The van der Waals surface area contributed by atoms with Gasteiger partial charge in [-0.05, 0) is 41.5 Å². The van der Waals surface area contributed by atoms with Crippen molar-refractivity contribution < 1.29 is 9.90 Å². The molecule has 1 amide bonds. The molecule has 1 aromatic heterocycles. The molecule has 0 radical (unpaired) electrons. The minimum Gasteiger partial charge on any atom is -0.387 e. The molecule has 0 aliphatic rings. The van der Waals surface area contributed by atoms with Crippen LogP contribution in [0.5, 0.6) is 0 Å². The maximum Gasteiger partial charge on any atom is 0.244 e. The van der Waals surface area contributed by atoms with E-state index in [0.29, 0.717) is 0 Å². The summed E-state index contributed by atoms with van der Waals surface area (Å²) >= 11 is 3.22. The van der Waals surface area contributed by atoms with Crippen LogP contribution in [0.3, 0.4) is 0 Å². The smallest absolute Gasteiger partial charge is 0.244 e. The maximum atomic E-state index is 11.7. The van der Waals surface area contributed by atoms with Gasteiger partial charge in [-0.3, -0.25) is 4.79 Å². The molecule has 0 spiro atoms. The average Bonchev–Trinajstić information content (AvgIpc) is 3.04. The molecule has 110 valence electrons. The molecular weight excluding hydrogens is 302 g/mol. The number of rotatable bonds is 6. The summed E-state index contributed by atoms with van der Waals surface area (Å²) in [5.74, 6) is -0.205. The fourth-order valence-corrected chi connectivity index (χ4v) is 2.77. The topological polar surface area (TPSA) is 49.3 Å². The van der Waals surface area contributed by atoms with E-state index in [2.05, 4.69) is 5.32 Å². The first kappa shape index (κ1) is 15.8. The average molecular weight is 319 g/mol. The Hall–Kier alpha value is -1.56. The van der Waals surface area contributed by atoms with Gasteiger partial charge in [0.1, 0.15) is 0 Å². The highest BCUT2D eigenvalue weighted by Gasteiger charge is 2.08. The van der Waals surface area contributed by atoms with Crippen LogP contribution in [0.15, 0.2) is 52.7 Å². The number of hydrogen-bond acceptors (Lipinski definition) is 4. The molecule has 5 heteroatoms. The minimum absolute atomic E-state index is 0.201. The van der Waals surface area contributed by atoms with E-state index in [1.54, 1.807) is 29.2 Å². The Labute approximate surface area is 132 Å². The summed E-state index contributed by atoms with van der Waals surface area (Å²) in [6, 6.07) is 11.6. The summed E-state index contributed by atoms with van der Waals surface area (Å²) in [4.78, 5) is 13.8. The van der Waals surface area contributed by atoms with Gasteiger partial charge < -0.3 is 10.4 Å². The van der Waals surface area contributed by atoms with Gasteiger partial charge in [0.15, 0.2) is 0 Å². The van der Waals surface area contributed by atoms with Crippen LogP contribution in [0.25, 0.3) is 6.08 Å². The predicted molar refractivity (Wildman–Crippen MR) is 89.5 cm³/mol. The van der Waals surface area contributed by atoms with Crippen molar-refractivity contribution in [1.82, 2.24) is 5.32 Å². The molecule has 21 heavy (non-hydrogen) atoms. The molecule has 2 aromatic rings. The summed E-state index contributed by atoms with van der Waals surface area (Å²) in [5, 5.41) is 14.7. The van der Waals surface area contributed by atoms with E-state index in [4.69, 9.17) is 0 Å². The lowest BCUT2D eigenvalue weighted by Crippen LogP contribution is -2.26. The molecule has 0 aliphatic heterocycles. The van der Waals surface area contributed by atoms with Crippen LogP contribution in [-0.2, 0) is 4.79 Å². The van der Waals surface area contributed by atoms with Crippen molar-refractivity contribution in [3.63, 3.8) is 0 Å². The highest BCUT2D eigenvalue weighted by Crippen LogP contribution is 2.18. The molecule has 1 heterocycles. The van der Waals surface area contributed by atoms with Crippen LogP contribution in [0.1, 0.15) is 16.5 Å². The number of aliphatic hydroxyl groups excluding tert-OH is 1. The first-order valence-electron chi connectivity index (χ1n) is 6.50. The van der Waals surface area contributed by atoms with Crippen LogP contribution in [0, 0.1) is 0 Å². The number of amides is 1. The largest absolute Gasteiger partial charge is 0.387 e. The van der Waals surface area contributed by atoms with E-state index in [-0.39, 0.29) is 12.5 Å². The second-order valence-corrected chi connectivity index (χ2v) is 6.24. The second-order valence-electron chi connectivity index (χ2n) is 4.38. The maximum absolute atomic E-state index is 11.7. The summed E-state index contributed by atoms with van der Waals surface area (Å²) < 4.78 is 0. The van der Waals surface area contributed by atoms with Gasteiger partial charge in [0.2, 0.25) is 5.91 Å². The number of aliphatic hydroxyl groups is 1. The van der Waals surface area contributed by atoms with Crippen LogP contribution >= 0.6 is 23.1 Å². The van der Waals surface area contributed by atoms with Gasteiger partial charge in [-0.2, -0.15) is 0 Å². The molecule has 0 fully saturated rings. The number of hydrogen-bond donors (Lipinski definition) is 2. The Morgan fingerprint density at radius 1 is 1.38 bits per heavy atom. The fourth-order valence-electron chi connectivity index (χ4n) is 1.74. The van der Waals surface area contributed by atoms with Gasteiger partial charge in [-0.15, -0.1) is 23.1 Å². The van der Waals surface area contributed by atoms with Gasteiger partial charge in [-0.25, -0.2) is 0 Å². The molecule has 3 nitrogen and oxygen atoms in total. The number of carbonyl (C=O) groups excluding carboxylic acids is 1. The molecule has 1 atom stereocenters. The lowest BCUT2D eigenvalue weighted by molar-refractivity contribution is -0.116. The van der Waals surface area contributed by atoms with Crippen molar-refractivity contribution in [2.75, 3.05) is 12.8 Å². The monoisotopic (exact) mass is 319 g/mol. The molecule has 0 bridgehead atoms. The first-order chi connectivity index (χ1) is 10.2. The third kappa shape index (κ3) is 5.04. The quantitative estimate of drug-likeness (QED) is 0.634. The lowest BCUT2D eigenvalue weighted by Gasteiger charge is -2.11. The molecular formula is C16H17NO2S2. The number of nitrogens with one attached hydrogen (secondary N) is 1. The van der Waals surface area contributed by atoms with Crippen molar-refractivity contribution in [3.05, 3.63) is 58.3 Å². The number of carbonyl (C=O) groups is 1. The lowest BCUT2D eigenvalue weighted by atomic mass is 10.1. The van der Waals surface area contributed by atoms with E-state index in [1.807, 2.05) is 48.0 Å². The minimum atomic E-state index is -0.694.